The van der Waals surface area contributed by atoms with Crippen LogP contribution in [0, 0.1) is 6.92 Å². The first kappa shape index (κ1) is 22.4. The predicted molar refractivity (Wildman–Crippen MR) is 132 cm³/mol. The summed E-state index contributed by atoms with van der Waals surface area (Å²) >= 11 is 0. The molecule has 1 saturated carbocycles. The van der Waals surface area contributed by atoms with Crippen LogP contribution in [0.25, 0.3) is 11.1 Å². The first-order chi connectivity index (χ1) is 16.2. The molecule has 2 aliphatic heterocycles. The normalized spacial score (nSPS) is 26.2. The van der Waals surface area contributed by atoms with Gasteiger partial charge in [-0.15, -0.1) is 0 Å². The van der Waals surface area contributed by atoms with Crippen molar-refractivity contribution in [1.29, 1.82) is 0 Å². The highest BCUT2D eigenvalue weighted by atomic mass is 16.3. The molecule has 176 valence electrons. The molecule has 1 aliphatic carbocycles. The van der Waals surface area contributed by atoms with Gasteiger partial charge in [0.05, 0.1) is 6.61 Å². The Labute approximate surface area is 197 Å². The second-order valence-corrected chi connectivity index (χ2v) is 10.1. The van der Waals surface area contributed by atoms with Gasteiger partial charge in [0.25, 0.3) is 0 Å². The fourth-order valence-corrected chi connectivity index (χ4v) is 6.24. The average Bonchev–Trinajstić information content (AvgIpc) is 3.32. The third-order valence-electron chi connectivity index (χ3n) is 8.09. The van der Waals surface area contributed by atoms with E-state index in [1.54, 1.807) is 0 Å². The molecule has 0 spiro atoms. The summed E-state index contributed by atoms with van der Waals surface area (Å²) in [6, 6.07) is 18.2. The van der Waals surface area contributed by atoms with E-state index in [1.807, 2.05) is 4.90 Å². The number of aliphatic hydroxyl groups excluding tert-OH is 1. The summed E-state index contributed by atoms with van der Waals surface area (Å²) in [5, 5.41) is 13.5. The minimum absolute atomic E-state index is 0.102. The Hall–Kier alpha value is -2.37. The molecule has 0 bridgehead atoms. The van der Waals surface area contributed by atoms with E-state index in [0.717, 1.165) is 45.3 Å². The van der Waals surface area contributed by atoms with Gasteiger partial charge in [0.15, 0.2) is 0 Å². The highest BCUT2D eigenvalue weighted by Crippen LogP contribution is 2.42. The monoisotopic (exact) mass is 447 g/mol. The zero-order chi connectivity index (χ0) is 22.8. The van der Waals surface area contributed by atoms with Crippen molar-refractivity contribution in [2.24, 2.45) is 0 Å². The molecule has 2 N–H and O–H groups in total. The van der Waals surface area contributed by atoms with Crippen LogP contribution in [0.5, 0.6) is 0 Å². The first-order valence-electron chi connectivity index (χ1n) is 12.7. The van der Waals surface area contributed by atoms with Crippen LogP contribution in [0.15, 0.2) is 48.5 Å². The molecule has 5 rings (SSSR count). The van der Waals surface area contributed by atoms with Gasteiger partial charge in [-0.2, -0.15) is 0 Å². The lowest BCUT2D eigenvalue weighted by Gasteiger charge is -2.57. The SMILES string of the molecule is Cc1ccccc1-c1ccc([C@H]2[C@H]3CN(C(=O)NC4CCCC4)CCCCN3[C@H]2CO)cc1. The minimum atomic E-state index is 0.102. The number of rotatable bonds is 4. The number of nitrogens with one attached hydrogen (secondary N) is 1. The van der Waals surface area contributed by atoms with Gasteiger partial charge in [0, 0.05) is 37.1 Å². The molecule has 2 aromatic rings. The summed E-state index contributed by atoms with van der Waals surface area (Å²) in [6.07, 6.45) is 6.75. The van der Waals surface area contributed by atoms with E-state index in [1.165, 1.54) is 35.1 Å². The number of hydrogen-bond acceptors (Lipinski definition) is 3. The Morgan fingerprint density at radius 1 is 1.00 bits per heavy atom. The second-order valence-electron chi connectivity index (χ2n) is 10.1. The summed E-state index contributed by atoms with van der Waals surface area (Å²) in [4.78, 5) is 17.5. The van der Waals surface area contributed by atoms with Crippen molar-refractivity contribution in [2.45, 2.75) is 69.5 Å². The van der Waals surface area contributed by atoms with Crippen molar-refractivity contribution in [2.75, 3.05) is 26.2 Å². The number of aliphatic hydroxyl groups is 1. The Morgan fingerprint density at radius 3 is 2.45 bits per heavy atom. The second kappa shape index (κ2) is 9.86. The van der Waals surface area contributed by atoms with Crippen molar-refractivity contribution in [3.63, 3.8) is 0 Å². The fourth-order valence-electron chi connectivity index (χ4n) is 6.24. The van der Waals surface area contributed by atoms with Gasteiger partial charge < -0.3 is 15.3 Å². The van der Waals surface area contributed by atoms with Crippen LogP contribution < -0.4 is 5.32 Å². The van der Waals surface area contributed by atoms with Gasteiger partial charge in [0.1, 0.15) is 0 Å². The number of urea groups is 1. The molecule has 2 aromatic carbocycles. The van der Waals surface area contributed by atoms with Crippen LogP contribution in [0.2, 0.25) is 0 Å². The Morgan fingerprint density at radius 2 is 1.73 bits per heavy atom. The van der Waals surface area contributed by atoms with Crippen molar-refractivity contribution >= 4 is 6.03 Å². The van der Waals surface area contributed by atoms with Crippen LogP contribution in [-0.4, -0.2) is 65.3 Å². The molecular weight excluding hydrogens is 410 g/mol. The third kappa shape index (κ3) is 4.53. The summed E-state index contributed by atoms with van der Waals surface area (Å²) in [5.41, 5.74) is 5.03. The van der Waals surface area contributed by atoms with E-state index < -0.39 is 0 Å². The molecule has 2 saturated heterocycles. The highest BCUT2D eigenvalue weighted by molar-refractivity contribution is 5.74. The zero-order valence-electron chi connectivity index (χ0n) is 19.7. The molecule has 0 radical (unpaired) electrons. The van der Waals surface area contributed by atoms with E-state index >= 15 is 0 Å². The van der Waals surface area contributed by atoms with Crippen LogP contribution in [0.1, 0.15) is 55.6 Å². The number of benzene rings is 2. The lowest BCUT2D eigenvalue weighted by molar-refractivity contribution is -0.0591. The Bertz CT molecular complexity index is 954. The number of aryl methyl sites for hydroxylation is 1. The van der Waals surface area contributed by atoms with Crippen LogP contribution in [0.3, 0.4) is 0 Å². The quantitative estimate of drug-likeness (QED) is 0.724. The van der Waals surface area contributed by atoms with Crippen molar-refractivity contribution < 1.29 is 9.90 Å². The van der Waals surface area contributed by atoms with Gasteiger partial charge in [-0.25, -0.2) is 4.79 Å². The maximum absolute atomic E-state index is 13.1. The van der Waals surface area contributed by atoms with Gasteiger partial charge >= 0.3 is 6.03 Å². The maximum Gasteiger partial charge on any atom is 0.317 e. The molecule has 3 atom stereocenters. The van der Waals surface area contributed by atoms with Crippen LogP contribution in [-0.2, 0) is 0 Å². The summed E-state index contributed by atoms with van der Waals surface area (Å²) < 4.78 is 0. The van der Waals surface area contributed by atoms with E-state index in [4.69, 9.17) is 0 Å². The van der Waals surface area contributed by atoms with Crippen molar-refractivity contribution in [1.82, 2.24) is 15.1 Å². The van der Waals surface area contributed by atoms with Crippen LogP contribution >= 0.6 is 0 Å². The molecule has 2 amide bonds. The predicted octanol–water partition coefficient (Wildman–Crippen LogP) is 4.54. The smallest absolute Gasteiger partial charge is 0.317 e. The summed E-state index contributed by atoms with van der Waals surface area (Å²) in [5.74, 6) is 0.251. The topological polar surface area (TPSA) is 55.8 Å². The minimum Gasteiger partial charge on any atom is -0.395 e. The molecule has 5 nitrogen and oxygen atoms in total. The van der Waals surface area contributed by atoms with Crippen molar-refractivity contribution in [3.05, 3.63) is 59.7 Å². The number of nitrogens with zero attached hydrogens (tertiary/aromatic N) is 2. The molecule has 3 aliphatic rings. The third-order valence-corrected chi connectivity index (χ3v) is 8.09. The summed E-state index contributed by atoms with van der Waals surface area (Å²) in [6.45, 7) is 4.88. The molecule has 3 fully saturated rings. The number of amides is 2. The first-order valence-corrected chi connectivity index (χ1v) is 12.7. The van der Waals surface area contributed by atoms with Gasteiger partial charge in [0.2, 0.25) is 0 Å². The lowest BCUT2D eigenvalue weighted by Crippen LogP contribution is -2.68. The van der Waals surface area contributed by atoms with E-state index in [2.05, 4.69) is 65.7 Å². The van der Waals surface area contributed by atoms with E-state index in [9.17, 15) is 9.90 Å². The molecule has 0 unspecified atom stereocenters. The molecule has 2 heterocycles. The lowest BCUT2D eigenvalue weighted by atomic mass is 9.74. The molecule has 5 heteroatoms. The fraction of sp³-hybridized carbons (Fsp3) is 0.536. The number of carbonyl (C=O) groups excluding carboxylic acids is 1. The maximum atomic E-state index is 13.1. The standard InChI is InChI=1S/C28H37N3O2/c1-20-8-2-5-11-24(20)21-12-14-22(15-13-21)27-25-18-30(28(33)29-23-9-3-4-10-23)16-6-7-17-31(25)26(27)19-32/h2,5,8,11-15,23,25-27,32H,3-4,6-7,9-10,16-19H2,1H3,(H,29,33)/t25-,26+,27+/m1/s1. The van der Waals surface area contributed by atoms with E-state index in [-0.39, 0.29) is 30.6 Å². The Balaban J connectivity index is 1.34. The zero-order valence-corrected chi connectivity index (χ0v) is 19.7. The average molecular weight is 448 g/mol. The largest absolute Gasteiger partial charge is 0.395 e. The van der Waals surface area contributed by atoms with Gasteiger partial charge in [-0.05, 0) is 61.4 Å². The number of hydrogen-bond donors (Lipinski definition) is 2. The highest BCUT2D eigenvalue weighted by Gasteiger charge is 2.49. The molecular formula is C28H37N3O2. The van der Waals surface area contributed by atoms with Gasteiger partial charge in [-0.1, -0.05) is 61.4 Å². The Kier molecular flexibility index (Phi) is 6.70. The van der Waals surface area contributed by atoms with Crippen LogP contribution in [0.4, 0.5) is 4.79 Å². The molecule has 0 aromatic heterocycles. The van der Waals surface area contributed by atoms with Gasteiger partial charge in [-0.3, -0.25) is 4.90 Å². The van der Waals surface area contributed by atoms with Crippen molar-refractivity contribution in [3.8, 4) is 11.1 Å². The van der Waals surface area contributed by atoms with E-state index in [0.29, 0.717) is 6.04 Å². The number of fused-ring (bicyclic) bond motifs is 1. The number of carbonyl (C=O) groups is 1. The molecule has 33 heavy (non-hydrogen) atoms. The summed E-state index contributed by atoms with van der Waals surface area (Å²) in [7, 11) is 0.